The van der Waals surface area contributed by atoms with E-state index in [0.29, 0.717) is 0 Å². The summed E-state index contributed by atoms with van der Waals surface area (Å²) in [6.07, 6.45) is 4.03. The van der Waals surface area contributed by atoms with Gasteiger partial charge < -0.3 is 9.47 Å². The third kappa shape index (κ3) is 3.08. The summed E-state index contributed by atoms with van der Waals surface area (Å²) >= 11 is 1.69. The molecule has 0 saturated carbocycles. The Morgan fingerprint density at radius 3 is 2.52 bits per heavy atom. The fraction of sp³-hybridized carbons (Fsp3) is 0.211. The maximum atomic E-state index is 5.45. The molecule has 0 radical (unpaired) electrons. The van der Waals surface area contributed by atoms with Crippen molar-refractivity contribution in [2.24, 2.45) is 0 Å². The average molecular weight is 325 g/mol. The van der Waals surface area contributed by atoms with Gasteiger partial charge in [0.05, 0.1) is 24.4 Å². The molecule has 1 aromatic heterocycles. The molecule has 0 bridgehead atoms. The Labute approximate surface area is 140 Å². The molecular weight excluding hydrogens is 306 g/mol. The van der Waals surface area contributed by atoms with E-state index in [1.807, 2.05) is 30.4 Å². The number of aryl methyl sites for hydroxylation is 2. The first kappa shape index (κ1) is 15.6. The molecule has 118 valence electrons. The number of thiazole rings is 1. The van der Waals surface area contributed by atoms with E-state index in [9.17, 15) is 0 Å². The van der Waals surface area contributed by atoms with E-state index in [4.69, 9.17) is 9.47 Å². The molecule has 3 rings (SSSR count). The lowest BCUT2D eigenvalue weighted by Crippen LogP contribution is -1.92. The van der Waals surface area contributed by atoms with Gasteiger partial charge >= 0.3 is 0 Å². The number of benzene rings is 2. The van der Waals surface area contributed by atoms with Crippen molar-refractivity contribution in [2.75, 3.05) is 14.2 Å². The maximum Gasteiger partial charge on any atom is 0.167 e. The molecule has 0 aliphatic rings. The molecule has 0 N–H and O–H groups in total. The van der Waals surface area contributed by atoms with Gasteiger partial charge in [0.1, 0.15) is 5.01 Å². The number of ether oxygens (including phenoxy) is 2. The highest BCUT2D eigenvalue weighted by Crippen LogP contribution is 2.32. The Bertz CT molecular complexity index is 841. The van der Waals surface area contributed by atoms with Crippen LogP contribution in [0.5, 0.6) is 11.5 Å². The summed E-state index contributed by atoms with van der Waals surface area (Å²) in [4.78, 5) is 4.69. The third-order valence-electron chi connectivity index (χ3n) is 3.86. The number of fused-ring (bicyclic) bond motifs is 1. The first-order valence-electron chi connectivity index (χ1n) is 7.39. The Morgan fingerprint density at radius 1 is 1.00 bits per heavy atom. The lowest BCUT2D eigenvalue weighted by molar-refractivity contribution is 0.354. The standard InChI is InChI=1S/C19H19NO2S/c1-12-10-15-17(11-13(12)2)23-18(20-15)9-8-14-6-5-7-16(21-3)19(14)22-4/h5-11H,1-4H3/b9-8+. The lowest BCUT2D eigenvalue weighted by atomic mass is 10.1. The van der Waals surface area contributed by atoms with Crippen LogP contribution < -0.4 is 9.47 Å². The molecule has 2 aromatic carbocycles. The quantitative estimate of drug-likeness (QED) is 0.668. The van der Waals surface area contributed by atoms with Gasteiger partial charge in [0.15, 0.2) is 11.5 Å². The number of hydrogen-bond acceptors (Lipinski definition) is 4. The predicted octanol–water partition coefficient (Wildman–Crippen LogP) is 5.10. The monoisotopic (exact) mass is 325 g/mol. The summed E-state index contributed by atoms with van der Waals surface area (Å²) in [6.45, 7) is 4.25. The van der Waals surface area contributed by atoms with E-state index in [1.165, 1.54) is 15.8 Å². The SMILES string of the molecule is COc1cccc(/C=C/c2nc3cc(C)c(C)cc3s2)c1OC. The summed E-state index contributed by atoms with van der Waals surface area (Å²) in [5, 5.41) is 0.981. The van der Waals surface area contributed by atoms with E-state index in [0.717, 1.165) is 27.6 Å². The van der Waals surface area contributed by atoms with Crippen molar-refractivity contribution in [3.8, 4) is 11.5 Å². The van der Waals surface area contributed by atoms with Crippen LogP contribution in [0, 0.1) is 13.8 Å². The Kier molecular flexibility index (Phi) is 4.35. The summed E-state index contributed by atoms with van der Waals surface area (Å²) in [6, 6.07) is 10.2. The van der Waals surface area contributed by atoms with Crippen molar-refractivity contribution in [3.05, 3.63) is 52.0 Å². The van der Waals surface area contributed by atoms with E-state index >= 15 is 0 Å². The van der Waals surface area contributed by atoms with Crippen molar-refractivity contribution in [1.29, 1.82) is 0 Å². The molecule has 0 spiro atoms. The third-order valence-corrected chi connectivity index (χ3v) is 4.84. The second-order valence-corrected chi connectivity index (χ2v) is 6.43. The highest BCUT2D eigenvalue weighted by atomic mass is 32.1. The molecule has 23 heavy (non-hydrogen) atoms. The van der Waals surface area contributed by atoms with E-state index in [1.54, 1.807) is 25.6 Å². The van der Waals surface area contributed by atoms with Crippen molar-refractivity contribution in [3.63, 3.8) is 0 Å². The molecule has 0 aliphatic heterocycles. The van der Waals surface area contributed by atoms with E-state index in [-0.39, 0.29) is 0 Å². The Morgan fingerprint density at radius 2 is 1.78 bits per heavy atom. The second kappa shape index (κ2) is 6.42. The van der Waals surface area contributed by atoms with Gasteiger partial charge in [-0.3, -0.25) is 0 Å². The van der Waals surface area contributed by atoms with Gasteiger partial charge in [-0.2, -0.15) is 0 Å². The van der Waals surface area contributed by atoms with Crippen LogP contribution in [0.2, 0.25) is 0 Å². The Hall–Kier alpha value is -2.33. The average Bonchev–Trinajstić information content (AvgIpc) is 2.94. The van der Waals surface area contributed by atoms with Crippen molar-refractivity contribution >= 4 is 33.7 Å². The fourth-order valence-electron chi connectivity index (χ4n) is 2.47. The summed E-state index contributed by atoms with van der Waals surface area (Å²) in [7, 11) is 3.29. The molecule has 0 unspecified atom stereocenters. The molecule has 0 amide bonds. The van der Waals surface area contributed by atoms with Crippen LogP contribution in [0.4, 0.5) is 0 Å². The molecule has 0 saturated heterocycles. The number of para-hydroxylation sites is 1. The van der Waals surface area contributed by atoms with Crippen LogP contribution in [-0.4, -0.2) is 19.2 Å². The zero-order valence-corrected chi connectivity index (χ0v) is 14.5. The van der Waals surface area contributed by atoms with Crippen molar-refractivity contribution in [1.82, 2.24) is 4.98 Å². The van der Waals surface area contributed by atoms with Crippen LogP contribution >= 0.6 is 11.3 Å². The summed E-state index contributed by atoms with van der Waals surface area (Å²) < 4.78 is 12.0. The Balaban J connectivity index is 1.97. The van der Waals surface area contributed by atoms with Gasteiger partial charge in [0.25, 0.3) is 0 Å². The molecule has 3 nitrogen and oxygen atoms in total. The van der Waals surface area contributed by atoms with Crippen LogP contribution in [-0.2, 0) is 0 Å². The van der Waals surface area contributed by atoms with E-state index in [2.05, 4.69) is 31.0 Å². The topological polar surface area (TPSA) is 31.4 Å². The molecule has 0 fully saturated rings. The van der Waals surface area contributed by atoms with Crippen LogP contribution in [0.1, 0.15) is 21.7 Å². The largest absolute Gasteiger partial charge is 0.493 e. The van der Waals surface area contributed by atoms with Crippen LogP contribution in [0.15, 0.2) is 30.3 Å². The van der Waals surface area contributed by atoms with Gasteiger partial charge in [-0.1, -0.05) is 12.1 Å². The predicted molar refractivity (Wildman–Crippen MR) is 97.6 cm³/mol. The minimum Gasteiger partial charge on any atom is -0.493 e. The van der Waals surface area contributed by atoms with Crippen LogP contribution in [0.25, 0.3) is 22.4 Å². The van der Waals surface area contributed by atoms with Gasteiger partial charge in [0.2, 0.25) is 0 Å². The molecule has 1 heterocycles. The van der Waals surface area contributed by atoms with Crippen molar-refractivity contribution < 1.29 is 9.47 Å². The number of hydrogen-bond donors (Lipinski definition) is 0. The zero-order valence-electron chi connectivity index (χ0n) is 13.7. The fourth-order valence-corrected chi connectivity index (χ4v) is 3.42. The minimum atomic E-state index is 0.727. The molecule has 0 atom stereocenters. The van der Waals surface area contributed by atoms with Crippen LogP contribution in [0.3, 0.4) is 0 Å². The second-order valence-electron chi connectivity index (χ2n) is 5.37. The molecule has 3 aromatic rings. The molecular formula is C19H19NO2S. The zero-order chi connectivity index (χ0) is 16.4. The first-order valence-corrected chi connectivity index (χ1v) is 8.21. The molecule has 0 aliphatic carbocycles. The summed E-state index contributed by atoms with van der Waals surface area (Å²) in [5.74, 6) is 1.46. The normalized spacial score (nSPS) is 11.3. The van der Waals surface area contributed by atoms with Gasteiger partial charge in [-0.05, 0) is 55.3 Å². The van der Waals surface area contributed by atoms with Crippen molar-refractivity contribution in [2.45, 2.75) is 13.8 Å². The minimum absolute atomic E-state index is 0.727. The van der Waals surface area contributed by atoms with Gasteiger partial charge in [0, 0.05) is 5.56 Å². The number of aromatic nitrogens is 1. The number of rotatable bonds is 4. The number of nitrogens with zero attached hydrogens (tertiary/aromatic N) is 1. The first-order chi connectivity index (χ1) is 11.1. The lowest BCUT2D eigenvalue weighted by Gasteiger charge is -2.09. The van der Waals surface area contributed by atoms with E-state index < -0.39 is 0 Å². The maximum absolute atomic E-state index is 5.45. The molecule has 4 heteroatoms. The number of methoxy groups -OCH3 is 2. The smallest absolute Gasteiger partial charge is 0.167 e. The summed E-state index contributed by atoms with van der Waals surface area (Å²) in [5.41, 5.74) is 4.59. The van der Waals surface area contributed by atoms with Gasteiger partial charge in [-0.25, -0.2) is 4.98 Å². The highest BCUT2D eigenvalue weighted by Gasteiger charge is 2.08. The highest BCUT2D eigenvalue weighted by molar-refractivity contribution is 7.19. The van der Waals surface area contributed by atoms with Gasteiger partial charge in [-0.15, -0.1) is 11.3 Å².